The molecule has 3 aliphatic rings. The Morgan fingerprint density at radius 1 is 0.984 bits per heavy atom. The van der Waals surface area contributed by atoms with Crippen molar-refractivity contribution >= 4 is 72.8 Å². The van der Waals surface area contributed by atoms with Crippen LogP contribution in [0.4, 0.5) is 17.1 Å². The van der Waals surface area contributed by atoms with E-state index in [2.05, 4.69) is 60.8 Å². The van der Waals surface area contributed by atoms with Crippen LogP contribution in [-0.4, -0.2) is 78.4 Å². The molecular formula is C46H44Cl2N8O7S. The van der Waals surface area contributed by atoms with E-state index in [1.54, 1.807) is 36.5 Å². The van der Waals surface area contributed by atoms with E-state index in [0.717, 1.165) is 67.1 Å². The quantitative estimate of drug-likeness (QED) is 0.0828. The Bertz CT molecular complexity index is 2920. The van der Waals surface area contributed by atoms with Crippen molar-refractivity contribution in [1.82, 2.24) is 24.6 Å². The van der Waals surface area contributed by atoms with Gasteiger partial charge in [-0.15, -0.1) is 0 Å². The van der Waals surface area contributed by atoms with Crippen LogP contribution in [0.15, 0.2) is 108 Å². The largest absolute Gasteiger partial charge is 0.489 e. The average Bonchev–Trinajstić information content (AvgIpc) is 3.75. The molecule has 2 aliphatic heterocycles. The van der Waals surface area contributed by atoms with Gasteiger partial charge in [-0.3, -0.25) is 24.8 Å². The van der Waals surface area contributed by atoms with E-state index < -0.39 is 37.5 Å². The Morgan fingerprint density at radius 2 is 1.77 bits per heavy atom. The number of aromatic nitrogens is 3. The number of aromatic amines is 1. The van der Waals surface area contributed by atoms with Gasteiger partial charge in [0.15, 0.2) is 11.4 Å². The zero-order chi connectivity index (χ0) is 44.8. The standard InChI is InChI=1S/C46H44Cl2N8O7S/c1-46(2)13-11-30(37(23-46)28-3-5-31(47)6-4-28)26-54-15-17-55(18-16-54)33-8-9-36(41(20-33)63-34-19-29-12-14-49-44(29)51-25-34)45(57)53-64(60,61)35-21-40(56(58)59)43-42(22-35)62-27-39(52-43)38-10-7-32(48)24-50-38/h3-10,12,14,19-22,24-25,39,52H,11,13,15-18,23,26-27H2,1-2H3,(H,49,51)(H,53,57)/t39-/m0/s1. The first-order valence-corrected chi connectivity index (χ1v) is 23.0. The second kappa shape index (κ2) is 17.4. The first-order chi connectivity index (χ1) is 30.7. The number of carbonyl (C=O) groups is 1. The number of nitro groups is 1. The second-order valence-corrected chi connectivity index (χ2v) is 19.5. The highest BCUT2D eigenvalue weighted by Crippen LogP contribution is 2.45. The number of sulfonamides is 1. The monoisotopic (exact) mass is 922 g/mol. The highest BCUT2D eigenvalue weighted by molar-refractivity contribution is 7.90. The van der Waals surface area contributed by atoms with Crippen molar-refractivity contribution in [3.63, 3.8) is 0 Å². The number of ether oxygens (including phenoxy) is 2. The van der Waals surface area contributed by atoms with Crippen LogP contribution >= 0.6 is 23.2 Å². The molecule has 1 saturated heterocycles. The highest BCUT2D eigenvalue weighted by Gasteiger charge is 2.34. The summed E-state index contributed by atoms with van der Waals surface area (Å²) in [4.78, 5) is 41.5. The zero-order valence-electron chi connectivity index (χ0n) is 34.9. The predicted octanol–water partition coefficient (Wildman–Crippen LogP) is 9.42. The fourth-order valence-corrected chi connectivity index (χ4v) is 9.73. The van der Waals surface area contributed by atoms with E-state index in [1.165, 1.54) is 35.2 Å². The van der Waals surface area contributed by atoms with Crippen molar-refractivity contribution in [3.8, 4) is 17.2 Å². The SMILES string of the molecule is CC1(C)CCC(CN2CCN(c3ccc(C(=O)NS(=O)(=O)c4cc5c(c([N+](=O)[O-])c4)N[C@H](c4ccc(Cl)cn4)CO5)c(Oc4cnc5[nH]ccc5c4)c3)CC2)=C(c2ccc(Cl)cc2)C1. The number of halogens is 2. The lowest BCUT2D eigenvalue weighted by atomic mass is 9.72. The fraction of sp³-hybridized carbons (Fsp3) is 0.283. The van der Waals surface area contributed by atoms with Crippen LogP contribution in [0.25, 0.3) is 16.6 Å². The van der Waals surface area contributed by atoms with Gasteiger partial charge in [0.05, 0.1) is 32.3 Å². The molecule has 3 N–H and O–H groups in total. The lowest BCUT2D eigenvalue weighted by Crippen LogP contribution is -2.47. The van der Waals surface area contributed by atoms with Crippen LogP contribution in [0.2, 0.25) is 10.0 Å². The molecule has 3 aromatic heterocycles. The van der Waals surface area contributed by atoms with Crippen molar-refractivity contribution < 1.29 is 27.6 Å². The number of H-pyrrole nitrogens is 1. The van der Waals surface area contributed by atoms with Crippen LogP contribution < -0.4 is 24.4 Å². The first-order valence-electron chi connectivity index (χ1n) is 20.8. The van der Waals surface area contributed by atoms with Crippen LogP contribution in [0.1, 0.15) is 60.8 Å². The Balaban J connectivity index is 0.953. The zero-order valence-corrected chi connectivity index (χ0v) is 37.3. The summed E-state index contributed by atoms with van der Waals surface area (Å²) in [6.07, 6.45) is 7.86. The van der Waals surface area contributed by atoms with Crippen LogP contribution in [0, 0.1) is 15.5 Å². The number of benzene rings is 3. The van der Waals surface area contributed by atoms with E-state index in [9.17, 15) is 23.3 Å². The lowest BCUT2D eigenvalue weighted by molar-refractivity contribution is -0.384. The van der Waals surface area contributed by atoms with Crippen LogP contribution in [-0.2, 0) is 10.0 Å². The maximum atomic E-state index is 14.0. The molecule has 1 fully saturated rings. The van der Waals surface area contributed by atoms with Crippen LogP contribution in [0.3, 0.4) is 0 Å². The second-order valence-electron chi connectivity index (χ2n) is 17.0. The van der Waals surface area contributed by atoms with Gasteiger partial charge >= 0.3 is 0 Å². The van der Waals surface area contributed by atoms with Gasteiger partial charge in [0.2, 0.25) is 0 Å². The summed E-state index contributed by atoms with van der Waals surface area (Å²) in [5.74, 6) is -0.656. The van der Waals surface area contributed by atoms with Crippen molar-refractivity contribution in [1.29, 1.82) is 0 Å². The van der Waals surface area contributed by atoms with Gasteiger partial charge in [0, 0.05) is 79.4 Å². The molecule has 9 rings (SSSR count). The molecular weight excluding hydrogens is 880 g/mol. The molecule has 18 heteroatoms. The number of carbonyl (C=O) groups excluding carboxylic acids is 1. The van der Waals surface area contributed by atoms with Gasteiger partial charge in [-0.05, 0) is 84.3 Å². The highest BCUT2D eigenvalue weighted by atomic mass is 35.5. The van der Waals surface area contributed by atoms with Gasteiger partial charge in [-0.1, -0.05) is 54.8 Å². The Hall–Kier alpha value is -6.20. The number of nitro benzene ring substituents is 1. The molecule has 0 radical (unpaired) electrons. The molecule has 1 aliphatic carbocycles. The van der Waals surface area contributed by atoms with E-state index in [0.29, 0.717) is 35.2 Å². The van der Waals surface area contributed by atoms with Crippen LogP contribution in [0.5, 0.6) is 17.2 Å². The number of amides is 1. The molecule has 0 unspecified atom stereocenters. The van der Waals surface area contributed by atoms with Crippen molar-refractivity contribution in [3.05, 3.63) is 140 Å². The molecule has 64 heavy (non-hydrogen) atoms. The number of hydrogen-bond acceptors (Lipinski definition) is 12. The lowest BCUT2D eigenvalue weighted by Gasteiger charge is -2.39. The Kier molecular flexibility index (Phi) is 11.7. The molecule has 1 atom stereocenters. The summed E-state index contributed by atoms with van der Waals surface area (Å²) >= 11 is 12.2. The Morgan fingerprint density at radius 3 is 2.52 bits per heavy atom. The minimum atomic E-state index is -4.69. The van der Waals surface area contributed by atoms with Crippen molar-refractivity contribution in [2.24, 2.45) is 5.41 Å². The third-order valence-electron chi connectivity index (χ3n) is 12.0. The summed E-state index contributed by atoms with van der Waals surface area (Å²) in [5.41, 5.74) is 5.57. The Labute approximate surface area is 379 Å². The number of allylic oxidation sites excluding steroid dienone is 1. The normalized spacial score (nSPS) is 17.6. The van der Waals surface area contributed by atoms with Crippen molar-refractivity contribution in [2.45, 2.75) is 44.0 Å². The summed E-state index contributed by atoms with van der Waals surface area (Å²) in [7, 11) is -4.69. The number of fused-ring (bicyclic) bond motifs is 2. The molecule has 3 aromatic carbocycles. The molecule has 6 aromatic rings. The van der Waals surface area contributed by atoms with Gasteiger partial charge in [0.25, 0.3) is 21.6 Å². The number of hydrogen-bond donors (Lipinski definition) is 3. The smallest absolute Gasteiger partial charge is 0.297 e. The third-order valence-corrected chi connectivity index (χ3v) is 13.7. The maximum absolute atomic E-state index is 14.0. The topological polar surface area (TPSA) is 185 Å². The van der Waals surface area contributed by atoms with E-state index in [1.807, 2.05) is 18.2 Å². The number of anilines is 2. The summed E-state index contributed by atoms with van der Waals surface area (Å²) in [6.45, 7) is 8.52. The first kappa shape index (κ1) is 43.1. The molecule has 1 amide bonds. The van der Waals surface area contributed by atoms with Gasteiger partial charge < -0.3 is 24.7 Å². The fourth-order valence-electron chi connectivity index (χ4n) is 8.49. The predicted molar refractivity (Wildman–Crippen MR) is 246 cm³/mol. The minimum Gasteiger partial charge on any atom is -0.489 e. The molecule has 330 valence electrons. The summed E-state index contributed by atoms with van der Waals surface area (Å²) in [6, 6.07) is 21.5. The van der Waals surface area contributed by atoms with Crippen molar-refractivity contribution in [2.75, 3.05) is 49.5 Å². The number of nitrogens with one attached hydrogen (secondary N) is 3. The molecule has 0 saturated carbocycles. The van der Waals surface area contributed by atoms with E-state index >= 15 is 0 Å². The molecule has 0 spiro atoms. The van der Waals surface area contributed by atoms with Gasteiger partial charge in [0.1, 0.15) is 29.8 Å². The maximum Gasteiger partial charge on any atom is 0.297 e. The van der Waals surface area contributed by atoms with Gasteiger partial charge in [-0.2, -0.15) is 0 Å². The summed E-state index contributed by atoms with van der Waals surface area (Å²) in [5, 5.41) is 17.2. The number of rotatable bonds is 11. The number of pyridine rings is 2. The molecule has 15 nitrogen and oxygen atoms in total. The summed E-state index contributed by atoms with van der Waals surface area (Å²) < 4.78 is 42.0. The number of nitrogens with zero attached hydrogens (tertiary/aromatic N) is 5. The average molecular weight is 924 g/mol. The van der Waals surface area contributed by atoms with E-state index in [4.69, 9.17) is 32.7 Å². The third kappa shape index (κ3) is 9.22. The number of piperazine rings is 1. The molecule has 0 bridgehead atoms. The molecule has 5 heterocycles. The van der Waals surface area contributed by atoms with E-state index in [-0.39, 0.29) is 34.8 Å². The van der Waals surface area contributed by atoms with Gasteiger partial charge in [-0.25, -0.2) is 18.1 Å². The minimum absolute atomic E-state index is 0.0119.